The Morgan fingerprint density at radius 1 is 1.00 bits per heavy atom. The number of nitrogens with one attached hydrogen (secondary N) is 1. The largest absolute Gasteiger partial charge is 0.378 e. The number of rotatable bonds is 4. The molecule has 2 saturated heterocycles. The second kappa shape index (κ2) is 5.80. The standard InChI is InChI=1S/C22H30N2O/c1-2-4-14(5-3-1)12-24-13-15-6-9-19(24)21(15)23-18-8-7-16-20(18)17-10-11-25-22(16)17/h1-5,15-23H,6-13H2/t15-,16-,17-,18?,19-,20+,21-,22+/m0/s1. The Morgan fingerprint density at radius 2 is 1.88 bits per heavy atom. The van der Waals surface area contributed by atoms with Gasteiger partial charge in [0, 0.05) is 37.8 Å². The van der Waals surface area contributed by atoms with Gasteiger partial charge >= 0.3 is 0 Å². The Hall–Kier alpha value is -0.900. The minimum Gasteiger partial charge on any atom is -0.378 e. The molecule has 0 amide bonds. The third kappa shape index (κ3) is 2.28. The van der Waals surface area contributed by atoms with Gasteiger partial charge in [-0.2, -0.15) is 0 Å². The molecule has 25 heavy (non-hydrogen) atoms. The highest BCUT2D eigenvalue weighted by Gasteiger charge is 2.60. The van der Waals surface area contributed by atoms with Gasteiger partial charge in [-0.15, -0.1) is 0 Å². The van der Waals surface area contributed by atoms with Crippen LogP contribution >= 0.6 is 0 Å². The maximum atomic E-state index is 5.99. The van der Waals surface area contributed by atoms with E-state index in [1.807, 2.05) is 0 Å². The first-order valence-corrected chi connectivity index (χ1v) is 10.5. The van der Waals surface area contributed by atoms with Crippen LogP contribution < -0.4 is 5.32 Å². The van der Waals surface area contributed by atoms with Gasteiger partial charge in [-0.25, -0.2) is 0 Å². The average molecular weight is 338 g/mol. The Labute approximate surface area is 151 Å². The first kappa shape index (κ1) is 15.2. The molecule has 134 valence electrons. The van der Waals surface area contributed by atoms with E-state index < -0.39 is 0 Å². The minimum atomic E-state index is 0.631. The van der Waals surface area contributed by atoms with Crippen LogP contribution in [0.2, 0.25) is 0 Å². The summed E-state index contributed by atoms with van der Waals surface area (Å²) < 4.78 is 5.99. The monoisotopic (exact) mass is 338 g/mol. The van der Waals surface area contributed by atoms with Crippen molar-refractivity contribution in [3.8, 4) is 0 Å². The second-order valence-electron chi connectivity index (χ2n) is 9.23. The van der Waals surface area contributed by atoms with Crippen LogP contribution in [0.25, 0.3) is 0 Å². The van der Waals surface area contributed by atoms with Crippen LogP contribution in [-0.4, -0.2) is 42.3 Å². The summed E-state index contributed by atoms with van der Waals surface area (Å²) in [5, 5.41) is 4.20. The molecule has 1 aromatic carbocycles. The fourth-order valence-corrected chi connectivity index (χ4v) is 7.19. The van der Waals surface area contributed by atoms with E-state index in [2.05, 4.69) is 40.5 Å². The van der Waals surface area contributed by atoms with E-state index in [-0.39, 0.29) is 0 Å². The molecule has 2 bridgehead atoms. The van der Waals surface area contributed by atoms with Crippen LogP contribution in [0.15, 0.2) is 30.3 Å². The Bertz CT molecular complexity index is 628. The SMILES string of the molecule is c1ccc(CN2C[C@@H]3CC[C@H]2[C@H]3NC2CC[C@@H]3[C@H]4OCC[C@H]4[C@H]23)cc1. The van der Waals surface area contributed by atoms with Crippen LogP contribution in [-0.2, 0) is 11.3 Å². The highest BCUT2D eigenvalue weighted by molar-refractivity contribution is 5.17. The van der Waals surface area contributed by atoms with Crippen molar-refractivity contribution in [1.82, 2.24) is 10.2 Å². The quantitative estimate of drug-likeness (QED) is 0.913. The summed E-state index contributed by atoms with van der Waals surface area (Å²) in [5.74, 6) is 3.56. The lowest BCUT2D eigenvalue weighted by Gasteiger charge is -2.47. The molecule has 5 fully saturated rings. The molecule has 1 aromatic rings. The Balaban J connectivity index is 1.14. The van der Waals surface area contributed by atoms with Gasteiger partial charge in [-0.1, -0.05) is 30.3 Å². The van der Waals surface area contributed by atoms with E-state index in [4.69, 9.17) is 4.74 Å². The van der Waals surface area contributed by atoms with Crippen LogP contribution in [0.3, 0.4) is 0 Å². The molecule has 1 N–H and O–H groups in total. The lowest BCUT2D eigenvalue weighted by atomic mass is 9.63. The van der Waals surface area contributed by atoms with Gasteiger partial charge in [0.2, 0.25) is 0 Å². The molecular weight excluding hydrogens is 308 g/mol. The normalized spacial score (nSPS) is 47.7. The molecule has 8 atom stereocenters. The van der Waals surface area contributed by atoms with E-state index in [0.717, 1.165) is 54.9 Å². The molecule has 0 spiro atoms. The molecule has 2 aliphatic heterocycles. The number of ether oxygens (including phenoxy) is 1. The lowest BCUT2D eigenvalue weighted by Crippen LogP contribution is -2.55. The van der Waals surface area contributed by atoms with Crippen molar-refractivity contribution in [2.45, 2.75) is 62.9 Å². The predicted octanol–water partition coefficient (Wildman–Crippen LogP) is 3.05. The van der Waals surface area contributed by atoms with Crippen LogP contribution in [0.1, 0.15) is 37.7 Å². The predicted molar refractivity (Wildman–Crippen MR) is 98.1 cm³/mol. The van der Waals surface area contributed by atoms with Crippen molar-refractivity contribution in [2.75, 3.05) is 13.2 Å². The van der Waals surface area contributed by atoms with Crippen LogP contribution in [0.5, 0.6) is 0 Å². The molecule has 0 radical (unpaired) electrons. The van der Waals surface area contributed by atoms with Gasteiger partial charge < -0.3 is 10.1 Å². The number of benzene rings is 1. The molecule has 3 saturated carbocycles. The van der Waals surface area contributed by atoms with Crippen LogP contribution in [0.4, 0.5) is 0 Å². The Kier molecular flexibility index (Phi) is 3.52. The third-order valence-corrected chi connectivity index (χ3v) is 8.20. The summed E-state index contributed by atoms with van der Waals surface area (Å²) in [6.45, 7) is 3.46. The fraction of sp³-hybridized carbons (Fsp3) is 0.727. The molecule has 3 aliphatic carbocycles. The molecule has 0 aromatic heterocycles. The second-order valence-corrected chi connectivity index (χ2v) is 9.23. The number of hydrogen-bond acceptors (Lipinski definition) is 3. The van der Waals surface area contributed by atoms with Crippen LogP contribution in [0, 0.1) is 23.7 Å². The summed E-state index contributed by atoms with van der Waals surface area (Å²) in [5.41, 5.74) is 1.47. The van der Waals surface area contributed by atoms with E-state index in [9.17, 15) is 0 Å². The topological polar surface area (TPSA) is 24.5 Å². The highest BCUT2D eigenvalue weighted by Crippen LogP contribution is 2.57. The lowest BCUT2D eigenvalue weighted by molar-refractivity contribution is -0.0707. The van der Waals surface area contributed by atoms with E-state index >= 15 is 0 Å². The van der Waals surface area contributed by atoms with Gasteiger partial charge in [0.05, 0.1) is 6.10 Å². The number of likely N-dealkylation sites (tertiary alicyclic amines) is 1. The van der Waals surface area contributed by atoms with Gasteiger partial charge in [-0.05, 0) is 61.3 Å². The van der Waals surface area contributed by atoms with Crippen molar-refractivity contribution in [3.05, 3.63) is 35.9 Å². The zero-order valence-corrected chi connectivity index (χ0v) is 15.0. The first-order valence-electron chi connectivity index (χ1n) is 10.5. The van der Waals surface area contributed by atoms with E-state index in [1.54, 1.807) is 0 Å². The zero-order valence-electron chi connectivity index (χ0n) is 15.0. The summed E-state index contributed by atoms with van der Waals surface area (Å²) in [6.07, 6.45) is 7.57. The van der Waals surface area contributed by atoms with Crippen molar-refractivity contribution < 1.29 is 4.74 Å². The zero-order chi connectivity index (χ0) is 16.4. The summed E-state index contributed by atoms with van der Waals surface area (Å²) >= 11 is 0. The first-order chi connectivity index (χ1) is 12.4. The number of fused-ring (bicyclic) bond motifs is 6. The number of piperidine rings is 1. The number of hydrogen-bond donors (Lipinski definition) is 1. The van der Waals surface area contributed by atoms with Crippen molar-refractivity contribution in [3.63, 3.8) is 0 Å². The summed E-state index contributed by atoms with van der Waals surface area (Å²) in [6, 6.07) is 13.3. The molecule has 6 rings (SSSR count). The van der Waals surface area contributed by atoms with Gasteiger partial charge in [-0.3, -0.25) is 4.90 Å². The van der Waals surface area contributed by atoms with Crippen molar-refractivity contribution in [1.29, 1.82) is 0 Å². The van der Waals surface area contributed by atoms with Crippen molar-refractivity contribution >= 4 is 0 Å². The number of nitrogens with zero attached hydrogens (tertiary/aromatic N) is 1. The summed E-state index contributed by atoms with van der Waals surface area (Å²) in [7, 11) is 0. The molecular formula is C22H30N2O. The smallest absolute Gasteiger partial charge is 0.0638 e. The van der Waals surface area contributed by atoms with E-state index in [0.29, 0.717) is 6.10 Å². The van der Waals surface area contributed by atoms with Gasteiger partial charge in [0.25, 0.3) is 0 Å². The molecule has 1 unspecified atom stereocenters. The minimum absolute atomic E-state index is 0.631. The molecule has 3 nitrogen and oxygen atoms in total. The average Bonchev–Trinajstić information content (AvgIpc) is 3.36. The third-order valence-electron chi connectivity index (χ3n) is 8.20. The maximum Gasteiger partial charge on any atom is 0.0638 e. The molecule has 3 heteroatoms. The maximum absolute atomic E-state index is 5.99. The van der Waals surface area contributed by atoms with Gasteiger partial charge in [0.15, 0.2) is 0 Å². The summed E-state index contributed by atoms with van der Waals surface area (Å²) in [4.78, 5) is 2.76. The van der Waals surface area contributed by atoms with Gasteiger partial charge in [0.1, 0.15) is 0 Å². The molecule has 5 aliphatic rings. The van der Waals surface area contributed by atoms with E-state index in [1.165, 1.54) is 44.2 Å². The Morgan fingerprint density at radius 3 is 2.80 bits per heavy atom. The highest BCUT2D eigenvalue weighted by atomic mass is 16.5. The van der Waals surface area contributed by atoms with Crippen molar-refractivity contribution in [2.24, 2.45) is 23.7 Å². The molecule has 2 heterocycles. The fourth-order valence-electron chi connectivity index (χ4n) is 7.19.